The average Bonchev–Trinajstić information content (AvgIpc) is 3.22. The first kappa shape index (κ1) is 17.6. The molecular weight excluding hydrogens is 354 g/mol. The van der Waals surface area contributed by atoms with Crippen molar-refractivity contribution >= 4 is 23.0 Å². The summed E-state index contributed by atoms with van der Waals surface area (Å²) in [4.78, 5) is 19.4. The van der Waals surface area contributed by atoms with Gasteiger partial charge in [-0.05, 0) is 36.0 Å². The van der Waals surface area contributed by atoms with Crippen molar-refractivity contribution in [2.75, 3.05) is 31.6 Å². The van der Waals surface area contributed by atoms with Gasteiger partial charge in [0, 0.05) is 32.5 Å². The fraction of sp³-hybridized carbons (Fsp3) is 0.476. The minimum Gasteiger partial charge on any atom is -0.379 e. The monoisotopic (exact) mass is 379 g/mol. The molecule has 28 heavy (non-hydrogen) atoms. The van der Waals surface area contributed by atoms with E-state index in [-0.39, 0.29) is 5.91 Å². The van der Waals surface area contributed by atoms with E-state index in [1.54, 1.807) is 6.20 Å². The van der Waals surface area contributed by atoms with Gasteiger partial charge < -0.3 is 10.1 Å². The summed E-state index contributed by atoms with van der Waals surface area (Å²) in [5.74, 6) is 0.627. The van der Waals surface area contributed by atoms with Crippen LogP contribution in [0.1, 0.15) is 36.1 Å². The number of aliphatic imine (C=N–C) groups is 1. The molecule has 0 radical (unpaired) electrons. The zero-order chi connectivity index (χ0) is 18.9. The van der Waals surface area contributed by atoms with E-state index in [0.717, 1.165) is 62.0 Å². The minimum atomic E-state index is 0.0639. The van der Waals surface area contributed by atoms with Crippen molar-refractivity contribution in [3.05, 3.63) is 41.2 Å². The van der Waals surface area contributed by atoms with E-state index in [4.69, 9.17) is 9.73 Å². The molecule has 0 atom stereocenters. The fourth-order valence-corrected chi connectivity index (χ4v) is 3.87. The van der Waals surface area contributed by atoms with Gasteiger partial charge in [-0.1, -0.05) is 12.1 Å². The van der Waals surface area contributed by atoms with Gasteiger partial charge in [-0.15, -0.1) is 0 Å². The molecule has 2 aliphatic heterocycles. The molecule has 1 saturated heterocycles. The summed E-state index contributed by atoms with van der Waals surface area (Å²) >= 11 is 0. The van der Waals surface area contributed by atoms with Gasteiger partial charge >= 0.3 is 0 Å². The second kappa shape index (κ2) is 7.48. The number of nitrogens with one attached hydrogen (secondary N) is 2. The highest BCUT2D eigenvalue weighted by Gasteiger charge is 2.26. The molecule has 0 unspecified atom stereocenters. The summed E-state index contributed by atoms with van der Waals surface area (Å²) in [6, 6.07) is 6.54. The van der Waals surface area contributed by atoms with Gasteiger partial charge in [0.05, 0.1) is 36.5 Å². The molecule has 5 rings (SSSR count). The Kier molecular flexibility index (Phi) is 4.70. The van der Waals surface area contributed by atoms with E-state index in [9.17, 15) is 4.79 Å². The lowest BCUT2D eigenvalue weighted by Crippen LogP contribution is -2.35. The molecular formula is C21H25N5O2. The van der Waals surface area contributed by atoms with Gasteiger partial charge in [0.1, 0.15) is 5.69 Å². The number of aromatic nitrogens is 2. The summed E-state index contributed by atoms with van der Waals surface area (Å²) < 4.78 is 5.43. The molecule has 3 aliphatic rings. The van der Waals surface area contributed by atoms with E-state index in [0.29, 0.717) is 12.3 Å². The number of hydrogen-bond donors (Lipinski definition) is 2. The molecule has 3 heterocycles. The van der Waals surface area contributed by atoms with Crippen LogP contribution < -0.4 is 5.32 Å². The number of aromatic amines is 1. The molecule has 0 spiro atoms. The predicted molar refractivity (Wildman–Crippen MR) is 107 cm³/mol. The summed E-state index contributed by atoms with van der Waals surface area (Å²) in [5.41, 5.74) is 5.97. The Hall–Kier alpha value is -2.51. The van der Waals surface area contributed by atoms with Gasteiger partial charge in [-0.2, -0.15) is 5.10 Å². The molecule has 1 amide bonds. The van der Waals surface area contributed by atoms with E-state index in [1.807, 2.05) is 0 Å². The van der Waals surface area contributed by atoms with Crippen molar-refractivity contribution in [2.24, 2.45) is 10.9 Å². The number of nitrogens with zero attached hydrogens (tertiary/aromatic N) is 3. The zero-order valence-corrected chi connectivity index (χ0v) is 15.9. The number of carbonyl (C=O) groups is 1. The lowest BCUT2D eigenvalue weighted by molar-refractivity contribution is -0.116. The minimum absolute atomic E-state index is 0.0639. The topological polar surface area (TPSA) is 82.6 Å². The van der Waals surface area contributed by atoms with E-state index in [2.05, 4.69) is 38.6 Å². The highest BCUT2D eigenvalue weighted by Crippen LogP contribution is 2.34. The quantitative estimate of drug-likeness (QED) is 0.808. The Balaban J connectivity index is 1.30. The van der Waals surface area contributed by atoms with Gasteiger partial charge in [0.2, 0.25) is 5.91 Å². The van der Waals surface area contributed by atoms with Crippen LogP contribution in [0.15, 0.2) is 29.4 Å². The third kappa shape index (κ3) is 3.86. The van der Waals surface area contributed by atoms with Crippen LogP contribution in [0.2, 0.25) is 0 Å². The Morgan fingerprint density at radius 3 is 2.96 bits per heavy atom. The highest BCUT2D eigenvalue weighted by molar-refractivity contribution is 6.10. The third-order valence-corrected chi connectivity index (χ3v) is 5.65. The molecule has 146 valence electrons. The first-order valence-electron chi connectivity index (χ1n) is 10.1. The molecule has 7 heteroatoms. The van der Waals surface area contributed by atoms with Crippen molar-refractivity contribution in [2.45, 2.75) is 32.2 Å². The van der Waals surface area contributed by atoms with Crippen molar-refractivity contribution in [3.8, 4) is 0 Å². The summed E-state index contributed by atoms with van der Waals surface area (Å²) in [6.07, 6.45) is 5.36. The second-order valence-corrected chi connectivity index (χ2v) is 7.94. The molecule has 2 N–H and O–H groups in total. The van der Waals surface area contributed by atoms with Crippen LogP contribution >= 0.6 is 0 Å². The number of amides is 1. The maximum absolute atomic E-state index is 12.2. The standard InChI is InChI=1S/C21H25N5O2/c27-20(10-14-1-2-14)24-19-12-22-25-21(19)18-11-16-4-3-15(9-17(16)23-18)13-26-5-7-28-8-6-26/h3-4,9,12,14H,1-2,5-8,10-11,13H2,(H,22,25)(H,24,27). The number of hydrogen-bond acceptors (Lipinski definition) is 5. The smallest absolute Gasteiger partial charge is 0.224 e. The van der Waals surface area contributed by atoms with E-state index >= 15 is 0 Å². The number of H-pyrrole nitrogens is 1. The van der Waals surface area contributed by atoms with Crippen LogP contribution in [0, 0.1) is 5.92 Å². The molecule has 2 aromatic rings. The Morgan fingerprint density at radius 2 is 2.14 bits per heavy atom. The van der Waals surface area contributed by atoms with Crippen LogP contribution in [-0.2, 0) is 22.5 Å². The summed E-state index contributed by atoms with van der Waals surface area (Å²) in [5, 5.41) is 10.2. The van der Waals surface area contributed by atoms with Gasteiger partial charge in [-0.3, -0.25) is 19.8 Å². The molecule has 0 bridgehead atoms. The normalized spacial score (nSPS) is 19.4. The Labute approximate surface area is 164 Å². The number of rotatable bonds is 6. The number of fused-ring (bicyclic) bond motifs is 1. The van der Waals surface area contributed by atoms with Gasteiger partial charge in [0.25, 0.3) is 0 Å². The number of carbonyl (C=O) groups excluding carboxylic acids is 1. The van der Waals surface area contributed by atoms with Crippen LogP contribution in [0.25, 0.3) is 0 Å². The molecule has 1 aromatic heterocycles. The van der Waals surface area contributed by atoms with E-state index in [1.165, 1.54) is 24.0 Å². The zero-order valence-electron chi connectivity index (χ0n) is 15.9. The van der Waals surface area contributed by atoms with Crippen molar-refractivity contribution in [1.82, 2.24) is 15.1 Å². The number of ether oxygens (including phenoxy) is 1. The van der Waals surface area contributed by atoms with Crippen LogP contribution in [0.3, 0.4) is 0 Å². The molecule has 7 nitrogen and oxygen atoms in total. The first-order valence-corrected chi connectivity index (χ1v) is 10.1. The maximum Gasteiger partial charge on any atom is 0.224 e. The lowest BCUT2D eigenvalue weighted by atomic mass is 10.1. The van der Waals surface area contributed by atoms with Crippen LogP contribution in [0.4, 0.5) is 11.4 Å². The van der Waals surface area contributed by atoms with Gasteiger partial charge in [-0.25, -0.2) is 0 Å². The third-order valence-electron chi connectivity index (χ3n) is 5.65. The number of morpholine rings is 1. The second-order valence-electron chi connectivity index (χ2n) is 7.94. The maximum atomic E-state index is 12.2. The van der Waals surface area contributed by atoms with Crippen molar-refractivity contribution in [1.29, 1.82) is 0 Å². The van der Waals surface area contributed by atoms with Crippen LogP contribution in [-0.4, -0.2) is 53.0 Å². The average molecular weight is 379 g/mol. The SMILES string of the molecule is O=C(CC1CC1)Nc1cn[nH]c1C1=Nc2cc(CN3CCOCC3)ccc2C1. The fourth-order valence-electron chi connectivity index (χ4n) is 3.87. The first-order chi connectivity index (χ1) is 13.7. The van der Waals surface area contributed by atoms with Crippen LogP contribution in [0.5, 0.6) is 0 Å². The molecule has 1 aliphatic carbocycles. The Morgan fingerprint density at radius 1 is 1.29 bits per heavy atom. The van der Waals surface area contributed by atoms with Crippen molar-refractivity contribution in [3.63, 3.8) is 0 Å². The highest BCUT2D eigenvalue weighted by atomic mass is 16.5. The largest absolute Gasteiger partial charge is 0.379 e. The number of benzene rings is 1. The predicted octanol–water partition coefficient (Wildman–Crippen LogP) is 2.66. The van der Waals surface area contributed by atoms with E-state index < -0.39 is 0 Å². The van der Waals surface area contributed by atoms with Gasteiger partial charge in [0.15, 0.2) is 0 Å². The summed E-state index contributed by atoms with van der Waals surface area (Å²) in [7, 11) is 0. The summed E-state index contributed by atoms with van der Waals surface area (Å²) in [6.45, 7) is 4.49. The molecule has 1 aromatic carbocycles. The molecule has 1 saturated carbocycles. The lowest BCUT2D eigenvalue weighted by Gasteiger charge is -2.26. The Bertz CT molecular complexity index is 909. The number of anilines is 1. The van der Waals surface area contributed by atoms with Crippen molar-refractivity contribution < 1.29 is 9.53 Å². The molecule has 2 fully saturated rings.